The first-order valence-electron chi connectivity index (χ1n) is 5.30. The fourth-order valence-electron chi connectivity index (χ4n) is 1.45. The minimum atomic E-state index is -0.240. The zero-order valence-electron chi connectivity index (χ0n) is 9.75. The molecular formula is C12H11ClN4O. The lowest BCUT2D eigenvalue weighted by Gasteiger charge is -2.15. The molecule has 0 bridgehead atoms. The lowest BCUT2D eigenvalue weighted by molar-refractivity contribution is 0.0777. The van der Waals surface area contributed by atoms with Gasteiger partial charge in [-0.2, -0.15) is 0 Å². The summed E-state index contributed by atoms with van der Waals surface area (Å²) in [5, 5.41) is 0.201. The van der Waals surface area contributed by atoms with Gasteiger partial charge < -0.3 is 4.90 Å². The lowest BCUT2D eigenvalue weighted by atomic mass is 10.3. The van der Waals surface area contributed by atoms with Crippen LogP contribution >= 0.6 is 11.6 Å². The van der Waals surface area contributed by atoms with Crippen LogP contribution in [0.5, 0.6) is 0 Å². The summed E-state index contributed by atoms with van der Waals surface area (Å²) in [6, 6.07) is 5.56. The highest BCUT2D eigenvalue weighted by atomic mass is 35.5. The van der Waals surface area contributed by atoms with Crippen LogP contribution in [0.2, 0.25) is 5.15 Å². The van der Waals surface area contributed by atoms with E-state index in [9.17, 15) is 4.79 Å². The molecule has 0 N–H and O–H groups in total. The van der Waals surface area contributed by atoms with E-state index in [2.05, 4.69) is 15.0 Å². The molecule has 0 atom stereocenters. The maximum absolute atomic E-state index is 12.0. The molecule has 0 aromatic carbocycles. The molecule has 0 aliphatic rings. The Morgan fingerprint density at radius 1 is 1.39 bits per heavy atom. The Morgan fingerprint density at radius 3 is 2.89 bits per heavy atom. The van der Waals surface area contributed by atoms with Gasteiger partial charge in [0.05, 0.1) is 24.6 Å². The number of hydrogen-bond acceptors (Lipinski definition) is 4. The van der Waals surface area contributed by atoms with Gasteiger partial charge in [0.25, 0.3) is 5.91 Å². The van der Waals surface area contributed by atoms with Gasteiger partial charge in [0, 0.05) is 13.2 Å². The minimum Gasteiger partial charge on any atom is -0.334 e. The summed E-state index contributed by atoms with van der Waals surface area (Å²) in [5.41, 5.74) is 1.03. The number of halogens is 1. The average molecular weight is 263 g/mol. The second kappa shape index (κ2) is 5.55. The van der Waals surface area contributed by atoms with Crippen molar-refractivity contribution in [3.63, 3.8) is 0 Å². The van der Waals surface area contributed by atoms with Gasteiger partial charge in [0.15, 0.2) is 0 Å². The molecule has 2 aromatic rings. The first-order chi connectivity index (χ1) is 8.66. The van der Waals surface area contributed by atoms with Crippen molar-refractivity contribution in [2.75, 3.05) is 7.05 Å². The Morgan fingerprint density at radius 2 is 2.22 bits per heavy atom. The van der Waals surface area contributed by atoms with E-state index < -0.39 is 0 Å². The zero-order valence-corrected chi connectivity index (χ0v) is 10.5. The van der Waals surface area contributed by atoms with E-state index in [1.807, 2.05) is 18.2 Å². The Labute approximate surface area is 109 Å². The van der Waals surface area contributed by atoms with Gasteiger partial charge in [-0.25, -0.2) is 4.98 Å². The molecule has 0 fully saturated rings. The van der Waals surface area contributed by atoms with Crippen molar-refractivity contribution in [2.24, 2.45) is 0 Å². The quantitative estimate of drug-likeness (QED) is 0.846. The summed E-state index contributed by atoms with van der Waals surface area (Å²) < 4.78 is 0. The van der Waals surface area contributed by atoms with Gasteiger partial charge in [-0.05, 0) is 12.1 Å². The van der Waals surface area contributed by atoms with Crippen molar-refractivity contribution >= 4 is 17.5 Å². The van der Waals surface area contributed by atoms with Crippen LogP contribution in [-0.4, -0.2) is 32.8 Å². The highest BCUT2D eigenvalue weighted by Gasteiger charge is 2.14. The SMILES string of the molecule is CN(Cc1ccccn1)C(=O)c1cncc(Cl)n1. The van der Waals surface area contributed by atoms with E-state index in [4.69, 9.17) is 11.6 Å². The third-order valence-corrected chi connectivity index (χ3v) is 2.48. The second-order valence-corrected chi connectivity index (χ2v) is 4.10. The van der Waals surface area contributed by atoms with E-state index in [1.165, 1.54) is 17.3 Å². The molecule has 2 heterocycles. The molecule has 92 valence electrons. The molecule has 0 unspecified atom stereocenters. The Balaban J connectivity index is 2.10. The van der Waals surface area contributed by atoms with Gasteiger partial charge in [0.2, 0.25) is 0 Å². The highest BCUT2D eigenvalue weighted by Crippen LogP contribution is 2.07. The van der Waals surface area contributed by atoms with Gasteiger partial charge in [-0.15, -0.1) is 0 Å². The van der Waals surface area contributed by atoms with Gasteiger partial charge in [-0.3, -0.25) is 14.8 Å². The van der Waals surface area contributed by atoms with E-state index in [-0.39, 0.29) is 16.8 Å². The Hall–Kier alpha value is -2.01. The van der Waals surface area contributed by atoms with Crippen LogP contribution in [0.25, 0.3) is 0 Å². The molecule has 0 radical (unpaired) electrons. The Kier molecular flexibility index (Phi) is 3.84. The summed E-state index contributed by atoms with van der Waals surface area (Å²) in [4.78, 5) is 25.5. The molecule has 0 spiro atoms. The molecule has 0 aliphatic carbocycles. The molecule has 0 aliphatic heterocycles. The number of nitrogens with zero attached hydrogens (tertiary/aromatic N) is 4. The number of rotatable bonds is 3. The van der Waals surface area contributed by atoms with Crippen LogP contribution in [0.1, 0.15) is 16.2 Å². The fraction of sp³-hybridized carbons (Fsp3) is 0.167. The summed E-state index contributed by atoms with van der Waals surface area (Å²) in [6.45, 7) is 0.411. The molecule has 0 saturated heterocycles. The number of pyridine rings is 1. The van der Waals surface area contributed by atoms with Crippen LogP contribution in [0, 0.1) is 0 Å². The van der Waals surface area contributed by atoms with E-state index in [1.54, 1.807) is 13.2 Å². The number of carbonyl (C=O) groups is 1. The first-order valence-corrected chi connectivity index (χ1v) is 5.67. The molecule has 18 heavy (non-hydrogen) atoms. The third-order valence-electron chi connectivity index (χ3n) is 2.30. The lowest BCUT2D eigenvalue weighted by Crippen LogP contribution is -2.27. The predicted octanol–water partition coefficient (Wildman–Crippen LogP) is 1.80. The molecule has 0 saturated carbocycles. The van der Waals surface area contributed by atoms with Crippen LogP contribution < -0.4 is 0 Å². The van der Waals surface area contributed by atoms with Crippen molar-refractivity contribution in [2.45, 2.75) is 6.54 Å². The number of aromatic nitrogens is 3. The van der Waals surface area contributed by atoms with E-state index in [0.29, 0.717) is 6.54 Å². The maximum Gasteiger partial charge on any atom is 0.274 e. The van der Waals surface area contributed by atoms with Crippen LogP contribution in [0.3, 0.4) is 0 Å². The van der Waals surface area contributed by atoms with E-state index in [0.717, 1.165) is 5.69 Å². The topological polar surface area (TPSA) is 59.0 Å². The third kappa shape index (κ3) is 3.01. The molecular weight excluding hydrogens is 252 g/mol. The van der Waals surface area contributed by atoms with E-state index >= 15 is 0 Å². The summed E-state index contributed by atoms with van der Waals surface area (Å²) >= 11 is 5.70. The second-order valence-electron chi connectivity index (χ2n) is 3.71. The van der Waals surface area contributed by atoms with Crippen LogP contribution in [0.4, 0.5) is 0 Å². The number of amides is 1. The van der Waals surface area contributed by atoms with Gasteiger partial charge in [0.1, 0.15) is 10.8 Å². The monoisotopic (exact) mass is 262 g/mol. The largest absolute Gasteiger partial charge is 0.334 e. The maximum atomic E-state index is 12.0. The molecule has 2 aromatic heterocycles. The van der Waals surface area contributed by atoms with Crippen molar-refractivity contribution < 1.29 is 4.79 Å². The average Bonchev–Trinajstić information content (AvgIpc) is 2.39. The number of hydrogen-bond donors (Lipinski definition) is 0. The zero-order chi connectivity index (χ0) is 13.0. The fourth-order valence-corrected chi connectivity index (χ4v) is 1.59. The van der Waals surface area contributed by atoms with Gasteiger partial charge in [-0.1, -0.05) is 17.7 Å². The predicted molar refractivity (Wildman–Crippen MR) is 67.1 cm³/mol. The normalized spacial score (nSPS) is 10.1. The Bertz CT molecular complexity index is 547. The molecule has 5 nitrogen and oxygen atoms in total. The smallest absolute Gasteiger partial charge is 0.274 e. The first kappa shape index (κ1) is 12.4. The minimum absolute atomic E-state index is 0.201. The van der Waals surface area contributed by atoms with Crippen molar-refractivity contribution in [1.82, 2.24) is 19.9 Å². The number of carbonyl (C=O) groups excluding carboxylic acids is 1. The summed E-state index contributed by atoms with van der Waals surface area (Å²) in [6.07, 6.45) is 4.47. The van der Waals surface area contributed by atoms with Crippen molar-refractivity contribution in [3.8, 4) is 0 Å². The van der Waals surface area contributed by atoms with Crippen molar-refractivity contribution in [3.05, 3.63) is 53.3 Å². The highest BCUT2D eigenvalue weighted by molar-refractivity contribution is 6.29. The van der Waals surface area contributed by atoms with Crippen LogP contribution in [0.15, 0.2) is 36.8 Å². The molecule has 2 rings (SSSR count). The van der Waals surface area contributed by atoms with Gasteiger partial charge >= 0.3 is 0 Å². The molecule has 6 heteroatoms. The molecule has 1 amide bonds. The standard InChI is InChI=1S/C12H11ClN4O/c1-17(8-9-4-2-3-5-15-9)12(18)10-6-14-7-11(13)16-10/h2-7H,8H2,1H3. The van der Waals surface area contributed by atoms with Crippen LogP contribution in [-0.2, 0) is 6.54 Å². The summed E-state index contributed by atoms with van der Waals surface area (Å²) in [5.74, 6) is -0.240. The van der Waals surface area contributed by atoms with Crippen molar-refractivity contribution in [1.29, 1.82) is 0 Å². The summed E-state index contributed by atoms with van der Waals surface area (Å²) in [7, 11) is 1.68.